The Kier molecular flexibility index (Phi) is 15.8. The van der Waals surface area contributed by atoms with Crippen LogP contribution >= 0.6 is 24.0 Å². The maximum atomic E-state index is 12.0. The molecule has 0 heterocycles. The maximum Gasteiger partial charge on any atom is 0.251 e. The van der Waals surface area contributed by atoms with Gasteiger partial charge in [-0.05, 0) is 36.5 Å². The van der Waals surface area contributed by atoms with Crippen LogP contribution in [0.1, 0.15) is 56.0 Å². The van der Waals surface area contributed by atoms with E-state index in [-0.39, 0.29) is 29.9 Å². The van der Waals surface area contributed by atoms with Crippen LogP contribution in [-0.2, 0) is 11.3 Å². The van der Waals surface area contributed by atoms with Crippen LogP contribution in [0.2, 0.25) is 0 Å². The van der Waals surface area contributed by atoms with E-state index >= 15 is 0 Å². The first-order valence-electron chi connectivity index (χ1n) is 9.96. The van der Waals surface area contributed by atoms with E-state index < -0.39 is 0 Å². The molecule has 0 unspecified atom stereocenters. The van der Waals surface area contributed by atoms with Crippen LogP contribution < -0.4 is 16.0 Å². The summed E-state index contributed by atoms with van der Waals surface area (Å²) in [5.41, 5.74) is 1.78. The summed E-state index contributed by atoms with van der Waals surface area (Å²) in [6, 6.07) is 7.64. The van der Waals surface area contributed by atoms with Gasteiger partial charge in [0.2, 0.25) is 0 Å². The number of nitrogens with one attached hydrogen (secondary N) is 3. The van der Waals surface area contributed by atoms with Gasteiger partial charge in [0.05, 0.1) is 6.61 Å². The second kappa shape index (κ2) is 16.6. The Morgan fingerprint density at radius 1 is 1.07 bits per heavy atom. The molecule has 0 saturated carbocycles. The van der Waals surface area contributed by atoms with Crippen LogP contribution in [0.5, 0.6) is 0 Å². The van der Waals surface area contributed by atoms with Crippen LogP contribution in [0.25, 0.3) is 0 Å². The Labute approximate surface area is 187 Å². The monoisotopic (exact) mass is 504 g/mol. The first-order chi connectivity index (χ1) is 13.1. The molecule has 0 bridgehead atoms. The average Bonchev–Trinajstić information content (AvgIpc) is 2.67. The van der Waals surface area contributed by atoms with Gasteiger partial charge in [-0.25, -0.2) is 0 Å². The van der Waals surface area contributed by atoms with Gasteiger partial charge in [0.1, 0.15) is 0 Å². The maximum absolute atomic E-state index is 12.0. The number of carbonyl (C=O) groups excluding carboxylic acids is 1. The summed E-state index contributed by atoms with van der Waals surface area (Å²) in [6.45, 7) is 10.0. The van der Waals surface area contributed by atoms with Crippen LogP contribution in [0.4, 0.5) is 0 Å². The third-order valence-corrected chi connectivity index (χ3v) is 4.09. The number of nitrogens with zero attached hydrogens (tertiary/aromatic N) is 1. The molecule has 0 aliphatic heterocycles. The van der Waals surface area contributed by atoms with E-state index in [0.29, 0.717) is 31.2 Å². The predicted molar refractivity (Wildman–Crippen MR) is 128 cm³/mol. The lowest BCUT2D eigenvalue weighted by atomic mass is 10.1. The summed E-state index contributed by atoms with van der Waals surface area (Å²) >= 11 is 0. The van der Waals surface area contributed by atoms with Gasteiger partial charge in [0.15, 0.2) is 5.96 Å². The minimum absolute atomic E-state index is 0. The molecular formula is C21H37IN4O2. The Balaban J connectivity index is 0.00000729. The number of benzene rings is 1. The molecule has 0 aromatic heterocycles. The van der Waals surface area contributed by atoms with Crippen molar-refractivity contribution < 1.29 is 9.53 Å². The zero-order valence-corrected chi connectivity index (χ0v) is 20.0. The van der Waals surface area contributed by atoms with Gasteiger partial charge in [0, 0.05) is 38.9 Å². The Morgan fingerprint density at radius 2 is 1.79 bits per heavy atom. The number of unbranched alkanes of at least 4 members (excludes halogenated alkanes) is 1. The van der Waals surface area contributed by atoms with Gasteiger partial charge in [0.25, 0.3) is 5.91 Å². The van der Waals surface area contributed by atoms with Gasteiger partial charge >= 0.3 is 0 Å². The molecule has 0 spiro atoms. The van der Waals surface area contributed by atoms with E-state index in [1.54, 1.807) is 7.05 Å². The van der Waals surface area contributed by atoms with Crippen molar-refractivity contribution in [3.05, 3.63) is 35.4 Å². The number of halogens is 1. The smallest absolute Gasteiger partial charge is 0.251 e. The van der Waals surface area contributed by atoms with Crippen molar-refractivity contribution in [2.45, 2.75) is 46.6 Å². The Hall–Kier alpha value is -1.35. The fourth-order valence-electron chi connectivity index (χ4n) is 2.32. The van der Waals surface area contributed by atoms with Gasteiger partial charge in [-0.1, -0.05) is 39.3 Å². The number of ether oxygens (including phenoxy) is 1. The van der Waals surface area contributed by atoms with Crippen molar-refractivity contribution >= 4 is 35.8 Å². The molecule has 0 aliphatic rings. The highest BCUT2D eigenvalue weighted by Gasteiger charge is 2.05. The molecule has 160 valence electrons. The predicted octanol–water partition coefficient (Wildman–Crippen LogP) is 3.56. The van der Waals surface area contributed by atoms with Crippen LogP contribution in [0, 0.1) is 5.92 Å². The summed E-state index contributed by atoms with van der Waals surface area (Å²) in [5.74, 6) is 1.39. The van der Waals surface area contributed by atoms with Gasteiger partial charge in [-0.2, -0.15) is 0 Å². The normalized spacial score (nSPS) is 11.1. The number of aliphatic imine (C=N–C) groups is 1. The lowest BCUT2D eigenvalue weighted by molar-refractivity contribution is 0.0953. The van der Waals surface area contributed by atoms with E-state index in [4.69, 9.17) is 4.74 Å². The molecule has 1 rings (SSSR count). The van der Waals surface area contributed by atoms with Crippen molar-refractivity contribution in [3.8, 4) is 0 Å². The van der Waals surface area contributed by atoms with E-state index in [9.17, 15) is 4.79 Å². The highest BCUT2D eigenvalue weighted by atomic mass is 127. The first-order valence-corrected chi connectivity index (χ1v) is 9.96. The number of hydrogen-bond acceptors (Lipinski definition) is 3. The molecule has 1 aromatic rings. The molecule has 0 radical (unpaired) electrons. The van der Waals surface area contributed by atoms with Gasteiger partial charge in [-0.3, -0.25) is 9.79 Å². The third-order valence-electron chi connectivity index (χ3n) is 4.09. The van der Waals surface area contributed by atoms with Crippen molar-refractivity contribution in [1.82, 2.24) is 16.0 Å². The minimum atomic E-state index is -0.0158. The zero-order valence-electron chi connectivity index (χ0n) is 17.7. The molecule has 7 heteroatoms. The van der Waals surface area contributed by atoms with Crippen LogP contribution in [-0.4, -0.2) is 45.2 Å². The molecule has 0 saturated heterocycles. The zero-order chi connectivity index (χ0) is 19.9. The second-order valence-corrected chi connectivity index (χ2v) is 6.95. The third kappa shape index (κ3) is 12.2. The van der Waals surface area contributed by atoms with E-state index in [2.05, 4.69) is 41.7 Å². The molecule has 1 aromatic carbocycles. The van der Waals surface area contributed by atoms with Crippen LogP contribution in [0.3, 0.4) is 0 Å². The summed E-state index contributed by atoms with van der Waals surface area (Å²) in [4.78, 5) is 16.2. The van der Waals surface area contributed by atoms with E-state index in [0.717, 1.165) is 43.9 Å². The summed E-state index contributed by atoms with van der Waals surface area (Å²) in [7, 11) is 1.75. The number of carbonyl (C=O) groups is 1. The summed E-state index contributed by atoms with van der Waals surface area (Å²) < 4.78 is 5.59. The highest BCUT2D eigenvalue weighted by Crippen LogP contribution is 2.04. The average molecular weight is 504 g/mol. The van der Waals surface area contributed by atoms with Crippen molar-refractivity contribution in [1.29, 1.82) is 0 Å². The van der Waals surface area contributed by atoms with Crippen molar-refractivity contribution in [2.75, 3.05) is 33.4 Å². The Bertz CT molecular complexity index is 562. The van der Waals surface area contributed by atoms with E-state index in [1.807, 2.05) is 24.3 Å². The fourth-order valence-corrected chi connectivity index (χ4v) is 2.32. The quantitative estimate of drug-likeness (QED) is 0.176. The number of guanidine groups is 1. The number of amides is 1. The number of hydrogen-bond donors (Lipinski definition) is 3. The van der Waals surface area contributed by atoms with Gasteiger partial charge < -0.3 is 20.7 Å². The lowest BCUT2D eigenvalue weighted by Gasteiger charge is -2.13. The summed E-state index contributed by atoms with van der Waals surface area (Å²) in [5, 5.41) is 9.43. The number of rotatable bonds is 12. The van der Waals surface area contributed by atoms with Gasteiger partial charge in [-0.15, -0.1) is 24.0 Å². The fraction of sp³-hybridized carbons (Fsp3) is 0.619. The second-order valence-electron chi connectivity index (χ2n) is 6.95. The SMILES string of the molecule is CCCCNC(=O)c1ccc(CNC(=NC)NCCOCCC(C)C)cc1.I. The Morgan fingerprint density at radius 3 is 2.39 bits per heavy atom. The molecule has 0 fully saturated rings. The largest absolute Gasteiger partial charge is 0.380 e. The van der Waals surface area contributed by atoms with Crippen molar-refractivity contribution in [2.24, 2.45) is 10.9 Å². The summed E-state index contributed by atoms with van der Waals surface area (Å²) in [6.07, 6.45) is 3.16. The standard InChI is InChI=1S/C21H36N4O2.HI/c1-5-6-12-23-20(26)19-9-7-18(8-10-19)16-25-21(22-4)24-13-15-27-14-11-17(2)3;/h7-10,17H,5-6,11-16H2,1-4H3,(H,23,26)(H2,22,24,25);1H. The molecular weight excluding hydrogens is 467 g/mol. The van der Waals surface area contributed by atoms with E-state index in [1.165, 1.54) is 0 Å². The molecule has 0 aliphatic carbocycles. The molecule has 1 amide bonds. The van der Waals surface area contributed by atoms with Crippen molar-refractivity contribution in [3.63, 3.8) is 0 Å². The molecule has 6 nitrogen and oxygen atoms in total. The molecule has 28 heavy (non-hydrogen) atoms. The topological polar surface area (TPSA) is 74.8 Å². The lowest BCUT2D eigenvalue weighted by Crippen LogP contribution is -2.38. The minimum Gasteiger partial charge on any atom is -0.380 e. The van der Waals surface area contributed by atoms with Crippen LogP contribution in [0.15, 0.2) is 29.3 Å². The first kappa shape index (κ1) is 26.6. The highest BCUT2D eigenvalue weighted by molar-refractivity contribution is 14.0. The molecule has 0 atom stereocenters. The molecule has 3 N–H and O–H groups in total.